The zero-order valence-electron chi connectivity index (χ0n) is 16.7. The van der Waals surface area contributed by atoms with E-state index >= 15 is 0 Å². The van der Waals surface area contributed by atoms with Crippen LogP contribution in [0, 0.1) is 0 Å². The molecule has 2 aromatic rings. The Balaban J connectivity index is 1.89. The number of rotatable bonds is 13. The number of halogens is 1. The number of aromatic amines is 1. The van der Waals surface area contributed by atoms with E-state index in [-0.39, 0.29) is 0 Å². The number of H-pyrrole nitrogens is 1. The van der Waals surface area contributed by atoms with E-state index in [4.69, 9.17) is 4.74 Å². The lowest BCUT2D eigenvalue weighted by atomic mass is 10.1. The molecule has 0 bridgehead atoms. The number of hydrogen-bond donors (Lipinski definition) is 1. The molecular weight excluding hydrogens is 420 g/mol. The Bertz CT molecular complexity index is 798. The minimum absolute atomic E-state index is 0.397. The molecule has 0 amide bonds. The van der Waals surface area contributed by atoms with Crippen molar-refractivity contribution in [3.8, 4) is 5.75 Å². The molecule has 154 valence electrons. The molecule has 0 aliphatic rings. The molecule has 0 aliphatic heterocycles. The SMILES string of the molecule is CCCCCCCCCCCC(Oc1ccc(Br)cc1)n1ccc(=O)[nH]c1=O. The number of unbranched alkanes of at least 4 members (excludes halogenated alkanes) is 8. The van der Waals surface area contributed by atoms with E-state index in [2.05, 4.69) is 27.8 Å². The number of nitrogens with zero attached hydrogens (tertiary/aromatic N) is 1. The van der Waals surface area contributed by atoms with Crippen molar-refractivity contribution in [3.63, 3.8) is 0 Å². The quantitative estimate of drug-likeness (QED) is 0.392. The molecule has 0 saturated heterocycles. The van der Waals surface area contributed by atoms with Gasteiger partial charge in [0.15, 0.2) is 6.23 Å². The second-order valence-corrected chi connectivity index (χ2v) is 8.08. The van der Waals surface area contributed by atoms with Crippen molar-refractivity contribution < 1.29 is 4.74 Å². The normalized spacial score (nSPS) is 12.1. The first kappa shape index (κ1) is 22.5. The van der Waals surface area contributed by atoms with Crippen LogP contribution in [0.1, 0.15) is 77.4 Å². The molecule has 0 spiro atoms. The van der Waals surface area contributed by atoms with Crippen LogP contribution < -0.4 is 16.0 Å². The third kappa shape index (κ3) is 8.05. The summed E-state index contributed by atoms with van der Waals surface area (Å²) in [6.07, 6.45) is 13.0. The van der Waals surface area contributed by atoms with E-state index in [9.17, 15) is 9.59 Å². The first-order chi connectivity index (χ1) is 13.6. The monoisotopic (exact) mass is 450 g/mol. The highest BCUT2D eigenvalue weighted by Crippen LogP contribution is 2.23. The van der Waals surface area contributed by atoms with Crippen molar-refractivity contribution in [2.45, 2.75) is 77.4 Å². The molecule has 0 saturated carbocycles. The lowest BCUT2D eigenvalue weighted by Gasteiger charge is -2.21. The largest absolute Gasteiger partial charge is 0.470 e. The Morgan fingerprint density at radius 2 is 1.54 bits per heavy atom. The molecule has 1 aromatic carbocycles. The molecule has 28 heavy (non-hydrogen) atoms. The van der Waals surface area contributed by atoms with E-state index < -0.39 is 17.5 Å². The second kappa shape index (κ2) is 12.6. The van der Waals surface area contributed by atoms with Crippen molar-refractivity contribution in [2.75, 3.05) is 0 Å². The van der Waals surface area contributed by atoms with Gasteiger partial charge in [0.25, 0.3) is 5.56 Å². The molecule has 0 fully saturated rings. The average Bonchev–Trinajstić information content (AvgIpc) is 2.67. The van der Waals surface area contributed by atoms with Gasteiger partial charge in [-0.2, -0.15) is 0 Å². The summed E-state index contributed by atoms with van der Waals surface area (Å²) in [7, 11) is 0. The highest BCUT2D eigenvalue weighted by molar-refractivity contribution is 9.10. The Hall–Kier alpha value is -1.82. The Labute approximate surface area is 175 Å². The Morgan fingerprint density at radius 3 is 2.14 bits per heavy atom. The number of nitrogens with one attached hydrogen (secondary N) is 1. The molecular formula is C22H31BrN2O3. The molecule has 1 heterocycles. The van der Waals surface area contributed by atoms with Gasteiger partial charge in [0.1, 0.15) is 5.75 Å². The topological polar surface area (TPSA) is 64.1 Å². The number of benzene rings is 1. The fourth-order valence-electron chi connectivity index (χ4n) is 3.21. The summed E-state index contributed by atoms with van der Waals surface area (Å²) in [5, 5.41) is 0. The van der Waals surface area contributed by atoms with Crippen LogP contribution in [0.3, 0.4) is 0 Å². The predicted molar refractivity (Wildman–Crippen MR) is 117 cm³/mol. The molecule has 1 unspecified atom stereocenters. The van der Waals surface area contributed by atoms with E-state index in [1.54, 1.807) is 0 Å². The molecule has 6 heteroatoms. The zero-order chi connectivity index (χ0) is 20.2. The molecule has 2 rings (SSSR count). The van der Waals surface area contributed by atoms with E-state index in [0.717, 1.165) is 23.7 Å². The molecule has 0 aliphatic carbocycles. The van der Waals surface area contributed by atoms with Gasteiger partial charge in [0, 0.05) is 23.2 Å². The first-order valence-electron chi connectivity index (χ1n) is 10.3. The highest BCUT2D eigenvalue weighted by Gasteiger charge is 2.14. The maximum absolute atomic E-state index is 12.2. The van der Waals surface area contributed by atoms with Gasteiger partial charge in [-0.3, -0.25) is 14.3 Å². The van der Waals surface area contributed by atoms with Crippen LogP contribution in [0.4, 0.5) is 0 Å². The Morgan fingerprint density at radius 1 is 0.929 bits per heavy atom. The number of aromatic nitrogens is 2. The van der Waals surface area contributed by atoms with Crippen LogP contribution in [0.5, 0.6) is 5.75 Å². The van der Waals surface area contributed by atoms with Crippen LogP contribution in [0.15, 0.2) is 50.6 Å². The maximum atomic E-state index is 12.2. The maximum Gasteiger partial charge on any atom is 0.331 e. The standard InChI is InChI=1S/C22H31BrN2O3/c1-2-3-4-5-6-7-8-9-10-11-21(25-17-16-20(26)24-22(25)27)28-19-14-12-18(23)13-15-19/h12-17,21H,2-11H2,1H3,(H,24,26,27). The number of hydrogen-bond acceptors (Lipinski definition) is 3. The minimum atomic E-state index is -0.439. The van der Waals surface area contributed by atoms with Gasteiger partial charge in [-0.25, -0.2) is 4.79 Å². The summed E-state index contributed by atoms with van der Waals surface area (Å²) in [5.74, 6) is 0.697. The smallest absolute Gasteiger partial charge is 0.331 e. The van der Waals surface area contributed by atoms with Crippen molar-refractivity contribution in [3.05, 3.63) is 61.8 Å². The molecule has 1 N–H and O–H groups in total. The summed E-state index contributed by atoms with van der Waals surface area (Å²) in [6.45, 7) is 2.24. The summed E-state index contributed by atoms with van der Waals surface area (Å²) < 4.78 is 8.50. The lowest BCUT2D eigenvalue weighted by Crippen LogP contribution is -2.33. The van der Waals surface area contributed by atoms with Crippen molar-refractivity contribution in [2.24, 2.45) is 0 Å². The molecule has 5 nitrogen and oxygen atoms in total. The third-order valence-electron chi connectivity index (χ3n) is 4.80. The summed E-state index contributed by atoms with van der Waals surface area (Å²) in [5.41, 5.74) is -0.836. The van der Waals surface area contributed by atoms with Gasteiger partial charge in [0.05, 0.1) is 0 Å². The summed E-state index contributed by atoms with van der Waals surface area (Å²) in [4.78, 5) is 25.9. The van der Waals surface area contributed by atoms with Gasteiger partial charge < -0.3 is 4.74 Å². The first-order valence-corrected chi connectivity index (χ1v) is 11.1. The fraction of sp³-hybridized carbons (Fsp3) is 0.545. The highest BCUT2D eigenvalue weighted by atomic mass is 79.9. The summed E-state index contributed by atoms with van der Waals surface area (Å²) >= 11 is 3.41. The van der Waals surface area contributed by atoms with Gasteiger partial charge in [-0.1, -0.05) is 74.2 Å². The lowest BCUT2D eigenvalue weighted by molar-refractivity contribution is 0.113. The molecule has 1 atom stereocenters. The van der Waals surface area contributed by atoms with Crippen LogP contribution in [0.2, 0.25) is 0 Å². The van der Waals surface area contributed by atoms with E-state index in [0.29, 0.717) is 5.75 Å². The molecule has 1 aromatic heterocycles. The average molecular weight is 451 g/mol. The van der Waals surface area contributed by atoms with Crippen LogP contribution in [-0.2, 0) is 0 Å². The summed E-state index contributed by atoms with van der Waals surface area (Å²) in [6, 6.07) is 8.89. The van der Waals surface area contributed by atoms with E-state index in [1.165, 1.54) is 61.8 Å². The van der Waals surface area contributed by atoms with Crippen LogP contribution in [0.25, 0.3) is 0 Å². The second-order valence-electron chi connectivity index (χ2n) is 7.16. The van der Waals surface area contributed by atoms with Crippen molar-refractivity contribution >= 4 is 15.9 Å². The third-order valence-corrected chi connectivity index (χ3v) is 5.33. The predicted octanol–water partition coefficient (Wildman–Crippen LogP) is 5.80. The van der Waals surface area contributed by atoms with Crippen molar-refractivity contribution in [1.29, 1.82) is 0 Å². The zero-order valence-corrected chi connectivity index (χ0v) is 18.2. The fourth-order valence-corrected chi connectivity index (χ4v) is 3.47. The van der Waals surface area contributed by atoms with Gasteiger partial charge in [-0.05, 0) is 30.7 Å². The van der Waals surface area contributed by atoms with Gasteiger partial charge in [0.2, 0.25) is 0 Å². The molecule has 0 radical (unpaired) electrons. The van der Waals surface area contributed by atoms with Crippen molar-refractivity contribution in [1.82, 2.24) is 9.55 Å². The minimum Gasteiger partial charge on any atom is -0.470 e. The van der Waals surface area contributed by atoms with E-state index in [1.807, 2.05) is 24.3 Å². The van der Waals surface area contributed by atoms with Crippen LogP contribution >= 0.6 is 15.9 Å². The number of ether oxygens (including phenoxy) is 1. The van der Waals surface area contributed by atoms with Gasteiger partial charge >= 0.3 is 5.69 Å². The van der Waals surface area contributed by atoms with Crippen LogP contribution in [-0.4, -0.2) is 9.55 Å². The van der Waals surface area contributed by atoms with Gasteiger partial charge in [-0.15, -0.1) is 0 Å². The Kier molecular flexibility index (Phi) is 10.1.